The standard InChI is InChI=1S/C20H18FN3O6S/c1-29-20(26)17(6-11-9-22-15-7-12(21)2-4-14(11)15)24-31(27,28)13-3-5-18-16(8-13)23-19(25)10-30-18/h2-5,7-9,17,22,24H,6,10H2,1H3,(H,23,25). The summed E-state index contributed by atoms with van der Waals surface area (Å²) in [5.74, 6) is -1.27. The first-order valence-corrected chi connectivity index (χ1v) is 10.7. The molecule has 1 aliphatic rings. The Labute approximate surface area is 176 Å². The summed E-state index contributed by atoms with van der Waals surface area (Å²) >= 11 is 0. The van der Waals surface area contributed by atoms with Gasteiger partial charge in [0, 0.05) is 23.5 Å². The van der Waals surface area contributed by atoms with E-state index in [0.717, 1.165) is 7.11 Å². The van der Waals surface area contributed by atoms with Crippen LogP contribution in [0.4, 0.5) is 10.1 Å². The molecule has 162 valence electrons. The van der Waals surface area contributed by atoms with Crippen LogP contribution in [-0.4, -0.2) is 45.0 Å². The van der Waals surface area contributed by atoms with Crippen LogP contribution >= 0.6 is 0 Å². The number of fused-ring (bicyclic) bond motifs is 2. The van der Waals surface area contributed by atoms with Crippen LogP contribution in [0.25, 0.3) is 10.9 Å². The van der Waals surface area contributed by atoms with Crippen molar-refractivity contribution >= 4 is 38.5 Å². The topological polar surface area (TPSA) is 127 Å². The van der Waals surface area contributed by atoms with Crippen molar-refractivity contribution in [2.75, 3.05) is 19.0 Å². The van der Waals surface area contributed by atoms with Gasteiger partial charge in [-0.3, -0.25) is 9.59 Å². The number of rotatable bonds is 6. The van der Waals surface area contributed by atoms with Crippen LogP contribution in [0.15, 0.2) is 47.5 Å². The molecule has 0 saturated heterocycles. The number of esters is 1. The summed E-state index contributed by atoms with van der Waals surface area (Å²) in [4.78, 5) is 26.6. The fourth-order valence-electron chi connectivity index (χ4n) is 3.35. The second-order valence-electron chi connectivity index (χ2n) is 6.90. The summed E-state index contributed by atoms with van der Waals surface area (Å²) in [6, 6.07) is 6.87. The number of amides is 1. The molecule has 11 heteroatoms. The average molecular weight is 447 g/mol. The molecular formula is C20H18FN3O6S. The lowest BCUT2D eigenvalue weighted by molar-refractivity contribution is -0.142. The first kappa shape index (κ1) is 20.8. The Morgan fingerprint density at radius 1 is 1.29 bits per heavy atom. The Hall–Kier alpha value is -3.44. The van der Waals surface area contributed by atoms with E-state index in [4.69, 9.17) is 9.47 Å². The molecule has 1 amide bonds. The third kappa shape index (κ3) is 4.23. The van der Waals surface area contributed by atoms with E-state index in [1.54, 1.807) is 12.3 Å². The van der Waals surface area contributed by atoms with Crippen molar-refractivity contribution in [3.05, 3.63) is 54.0 Å². The molecular weight excluding hydrogens is 429 g/mol. The van der Waals surface area contributed by atoms with Crippen molar-refractivity contribution in [1.29, 1.82) is 0 Å². The molecule has 0 radical (unpaired) electrons. The van der Waals surface area contributed by atoms with Gasteiger partial charge in [-0.15, -0.1) is 0 Å². The number of hydrogen-bond acceptors (Lipinski definition) is 6. The monoisotopic (exact) mass is 447 g/mol. The minimum absolute atomic E-state index is 0.0255. The quantitative estimate of drug-likeness (QED) is 0.494. The van der Waals surface area contributed by atoms with Crippen molar-refractivity contribution < 1.29 is 31.9 Å². The van der Waals surface area contributed by atoms with Crippen LogP contribution in [0.3, 0.4) is 0 Å². The van der Waals surface area contributed by atoms with Crippen molar-refractivity contribution in [3.8, 4) is 5.75 Å². The number of aromatic amines is 1. The van der Waals surface area contributed by atoms with Gasteiger partial charge in [-0.1, -0.05) is 0 Å². The van der Waals surface area contributed by atoms with Gasteiger partial charge in [-0.05, 0) is 42.0 Å². The van der Waals surface area contributed by atoms with Crippen LogP contribution in [0.2, 0.25) is 0 Å². The van der Waals surface area contributed by atoms with Crippen LogP contribution in [-0.2, 0) is 30.8 Å². The molecule has 1 aliphatic heterocycles. The Bertz CT molecular complexity index is 1290. The van der Waals surface area contributed by atoms with Crippen LogP contribution in [0, 0.1) is 5.82 Å². The number of hydrogen-bond donors (Lipinski definition) is 3. The fourth-order valence-corrected chi connectivity index (χ4v) is 4.56. The molecule has 3 N–H and O–H groups in total. The lowest BCUT2D eigenvalue weighted by Gasteiger charge is -2.20. The average Bonchev–Trinajstić information content (AvgIpc) is 3.13. The summed E-state index contributed by atoms with van der Waals surface area (Å²) in [6.45, 7) is -0.156. The number of H-pyrrole nitrogens is 1. The van der Waals surface area contributed by atoms with Gasteiger partial charge in [0.25, 0.3) is 5.91 Å². The molecule has 4 rings (SSSR count). The summed E-state index contributed by atoms with van der Waals surface area (Å²) in [6.07, 6.45) is 1.56. The van der Waals surface area contributed by atoms with Gasteiger partial charge >= 0.3 is 5.97 Å². The molecule has 0 fully saturated rings. The van der Waals surface area contributed by atoms with Crippen molar-refractivity contribution in [2.24, 2.45) is 0 Å². The molecule has 1 atom stereocenters. The minimum atomic E-state index is -4.16. The van der Waals surface area contributed by atoms with E-state index in [-0.39, 0.29) is 23.6 Å². The summed E-state index contributed by atoms with van der Waals surface area (Å²) < 4.78 is 51.6. The molecule has 3 aromatic rings. The minimum Gasteiger partial charge on any atom is -0.482 e. The number of carbonyl (C=O) groups excluding carboxylic acids is 2. The highest BCUT2D eigenvalue weighted by molar-refractivity contribution is 7.89. The first-order valence-electron chi connectivity index (χ1n) is 9.19. The van der Waals surface area contributed by atoms with Crippen LogP contribution in [0.5, 0.6) is 5.75 Å². The zero-order valence-corrected chi connectivity index (χ0v) is 17.1. The van der Waals surface area contributed by atoms with Crippen molar-refractivity contribution in [2.45, 2.75) is 17.4 Å². The molecule has 2 heterocycles. The van der Waals surface area contributed by atoms with Crippen molar-refractivity contribution in [1.82, 2.24) is 9.71 Å². The van der Waals surface area contributed by atoms with E-state index < -0.39 is 33.8 Å². The van der Waals surface area contributed by atoms with E-state index in [9.17, 15) is 22.4 Å². The number of ether oxygens (including phenoxy) is 2. The Morgan fingerprint density at radius 3 is 2.87 bits per heavy atom. The van der Waals surface area contributed by atoms with E-state index in [2.05, 4.69) is 15.0 Å². The largest absolute Gasteiger partial charge is 0.482 e. The van der Waals surface area contributed by atoms with Gasteiger partial charge in [0.1, 0.15) is 17.6 Å². The molecule has 1 aromatic heterocycles. The lowest BCUT2D eigenvalue weighted by atomic mass is 10.1. The van der Waals surface area contributed by atoms with Gasteiger partial charge in [0.2, 0.25) is 10.0 Å². The number of halogens is 1. The predicted octanol–water partition coefficient (Wildman–Crippen LogP) is 1.70. The number of aromatic nitrogens is 1. The van der Waals surface area contributed by atoms with Crippen LogP contribution < -0.4 is 14.8 Å². The maximum Gasteiger partial charge on any atom is 0.324 e. The van der Waals surface area contributed by atoms with Gasteiger partial charge in [-0.2, -0.15) is 4.72 Å². The SMILES string of the molecule is COC(=O)C(Cc1c[nH]c2cc(F)ccc12)NS(=O)(=O)c1ccc2c(c1)NC(=O)CO2. The molecule has 0 spiro atoms. The van der Waals surface area contributed by atoms with Gasteiger partial charge in [0.15, 0.2) is 6.61 Å². The Morgan fingerprint density at radius 2 is 2.10 bits per heavy atom. The number of sulfonamides is 1. The smallest absolute Gasteiger partial charge is 0.324 e. The van der Waals surface area contributed by atoms with Gasteiger partial charge < -0.3 is 19.8 Å². The highest BCUT2D eigenvalue weighted by Gasteiger charge is 2.29. The van der Waals surface area contributed by atoms with Crippen molar-refractivity contribution in [3.63, 3.8) is 0 Å². The second-order valence-corrected chi connectivity index (χ2v) is 8.61. The molecule has 0 bridgehead atoms. The number of anilines is 1. The van der Waals surface area contributed by atoms with E-state index in [1.807, 2.05) is 0 Å². The summed E-state index contributed by atoms with van der Waals surface area (Å²) in [5, 5.41) is 3.19. The van der Waals surface area contributed by atoms with E-state index >= 15 is 0 Å². The number of methoxy groups -OCH3 is 1. The maximum atomic E-state index is 13.4. The first-order chi connectivity index (χ1) is 14.8. The van der Waals surface area contributed by atoms with Gasteiger partial charge in [-0.25, -0.2) is 12.8 Å². The van der Waals surface area contributed by atoms with E-state index in [1.165, 1.54) is 30.3 Å². The fraction of sp³-hybridized carbons (Fsp3) is 0.200. The van der Waals surface area contributed by atoms with E-state index in [0.29, 0.717) is 22.2 Å². The highest BCUT2D eigenvalue weighted by Crippen LogP contribution is 2.30. The molecule has 0 aliphatic carbocycles. The predicted molar refractivity (Wildman–Crippen MR) is 109 cm³/mol. The van der Waals surface area contributed by atoms with Gasteiger partial charge in [0.05, 0.1) is 17.7 Å². The molecule has 1 unspecified atom stereocenters. The second kappa shape index (κ2) is 8.00. The third-order valence-corrected chi connectivity index (χ3v) is 6.30. The number of nitrogens with one attached hydrogen (secondary N) is 3. The Kier molecular flexibility index (Phi) is 5.38. The molecule has 9 nitrogen and oxygen atoms in total. The molecule has 31 heavy (non-hydrogen) atoms. The third-order valence-electron chi connectivity index (χ3n) is 4.83. The molecule has 2 aromatic carbocycles. The zero-order valence-electron chi connectivity index (χ0n) is 16.3. The zero-order chi connectivity index (χ0) is 22.2. The summed E-state index contributed by atoms with van der Waals surface area (Å²) in [7, 11) is -3.00. The number of benzene rings is 2. The lowest BCUT2D eigenvalue weighted by Crippen LogP contribution is -2.43. The Balaban J connectivity index is 1.62. The summed E-state index contributed by atoms with van der Waals surface area (Å²) in [5.41, 5.74) is 1.35. The number of carbonyl (C=O) groups is 2. The molecule has 0 saturated carbocycles. The maximum absolute atomic E-state index is 13.4. The van der Waals surface area contributed by atoms with Crippen LogP contribution in [0.1, 0.15) is 5.56 Å². The highest BCUT2D eigenvalue weighted by atomic mass is 32.2. The normalized spacial score (nSPS) is 14.5.